The minimum atomic E-state index is -1.55. The van der Waals surface area contributed by atoms with Crippen molar-refractivity contribution in [3.63, 3.8) is 0 Å². The van der Waals surface area contributed by atoms with Crippen LogP contribution in [0.1, 0.15) is 13.3 Å². The number of hydrogen-bond donors (Lipinski definition) is 7. The monoisotopic (exact) mass is 292 g/mol. The molecule has 1 amide bonds. The quantitative estimate of drug-likeness (QED) is 0.273. The van der Waals surface area contributed by atoms with E-state index in [1.807, 2.05) is 0 Å². The van der Waals surface area contributed by atoms with Gasteiger partial charge < -0.3 is 30.8 Å². The normalized spacial score (nSPS) is 33.2. The number of nitrogens with one attached hydrogen (secondary N) is 2. The van der Waals surface area contributed by atoms with Crippen LogP contribution in [0.3, 0.4) is 0 Å². The lowest BCUT2D eigenvalue weighted by Crippen LogP contribution is -2.69. The number of hydrogen-bond acceptors (Lipinski definition) is 7. The van der Waals surface area contributed by atoms with Crippen LogP contribution in [-0.2, 0) is 9.59 Å². The van der Waals surface area contributed by atoms with Gasteiger partial charge in [0, 0.05) is 13.3 Å². The molecule has 0 bridgehead atoms. The van der Waals surface area contributed by atoms with Gasteiger partial charge >= 0.3 is 5.97 Å². The van der Waals surface area contributed by atoms with Crippen molar-refractivity contribution in [1.29, 1.82) is 0 Å². The molecular formula is C11H20N2O7. The first-order valence-corrected chi connectivity index (χ1v) is 6.19. The number of rotatable bonds is 5. The van der Waals surface area contributed by atoms with E-state index >= 15 is 0 Å². The molecule has 1 rings (SSSR count). The Labute approximate surface area is 115 Å². The second-order valence-corrected chi connectivity index (χ2v) is 4.85. The van der Waals surface area contributed by atoms with Crippen molar-refractivity contribution in [1.82, 2.24) is 10.6 Å². The summed E-state index contributed by atoms with van der Waals surface area (Å²) in [7, 11) is 0. The molecule has 20 heavy (non-hydrogen) atoms. The minimum absolute atomic E-state index is 0.154. The van der Waals surface area contributed by atoms with E-state index in [-0.39, 0.29) is 6.42 Å². The fraction of sp³-hybridized carbons (Fsp3) is 0.818. The number of carbonyl (C=O) groups is 2. The Morgan fingerprint density at radius 3 is 2.45 bits per heavy atom. The number of carbonyl (C=O) groups excluding carboxylic acids is 1. The van der Waals surface area contributed by atoms with Crippen molar-refractivity contribution in [3.8, 4) is 0 Å². The van der Waals surface area contributed by atoms with Crippen LogP contribution in [0.4, 0.5) is 0 Å². The molecule has 9 nitrogen and oxygen atoms in total. The average molecular weight is 292 g/mol. The third kappa shape index (κ3) is 3.87. The summed E-state index contributed by atoms with van der Waals surface area (Å²) in [6, 6.07) is -3.20. The molecule has 0 radical (unpaired) electrons. The Morgan fingerprint density at radius 2 is 2.00 bits per heavy atom. The van der Waals surface area contributed by atoms with E-state index in [0.717, 1.165) is 0 Å². The zero-order valence-electron chi connectivity index (χ0n) is 10.9. The second kappa shape index (κ2) is 6.95. The smallest absolute Gasteiger partial charge is 0.320 e. The summed E-state index contributed by atoms with van der Waals surface area (Å²) < 4.78 is 0. The molecule has 1 heterocycles. The Bertz CT molecular complexity index is 365. The molecule has 1 aliphatic rings. The van der Waals surface area contributed by atoms with E-state index in [4.69, 9.17) is 10.2 Å². The predicted octanol–water partition coefficient (Wildman–Crippen LogP) is -3.62. The van der Waals surface area contributed by atoms with Crippen LogP contribution >= 0.6 is 0 Å². The maximum atomic E-state index is 11.1. The van der Waals surface area contributed by atoms with Crippen LogP contribution in [0, 0.1) is 0 Å². The lowest BCUT2D eigenvalue weighted by molar-refractivity contribution is -0.144. The van der Waals surface area contributed by atoms with Gasteiger partial charge in [-0.15, -0.1) is 0 Å². The number of piperidine rings is 1. The van der Waals surface area contributed by atoms with Gasteiger partial charge in [-0.2, -0.15) is 0 Å². The molecule has 0 aromatic carbocycles. The molecule has 0 spiro atoms. The predicted molar refractivity (Wildman–Crippen MR) is 65.7 cm³/mol. The standard InChI is InChI=1S/C11H20N2O7/c1-4(15)12-8-6(16)2-5(11(19)20)13-9(8)10(18)7(17)3-14/h5-10,13-14,16-18H,2-3H2,1H3,(H,12,15)(H,19,20)/t5-,6-,7+,8+,9?,10+/m0/s1. The fourth-order valence-corrected chi connectivity index (χ4v) is 2.28. The van der Waals surface area contributed by atoms with Gasteiger partial charge in [0.05, 0.1) is 30.9 Å². The first-order chi connectivity index (χ1) is 9.27. The van der Waals surface area contributed by atoms with Crippen molar-refractivity contribution >= 4 is 11.9 Å². The maximum Gasteiger partial charge on any atom is 0.320 e. The molecule has 1 fully saturated rings. The van der Waals surface area contributed by atoms with Gasteiger partial charge in [-0.25, -0.2) is 0 Å². The molecule has 116 valence electrons. The molecule has 0 aliphatic carbocycles. The van der Waals surface area contributed by atoms with Crippen molar-refractivity contribution < 1.29 is 35.1 Å². The summed E-state index contributed by atoms with van der Waals surface area (Å²) in [5, 5.41) is 52.1. The molecule has 1 unspecified atom stereocenters. The Hall–Kier alpha value is -1.26. The van der Waals surface area contributed by atoms with Crippen LogP contribution in [0.15, 0.2) is 0 Å². The Balaban J connectivity index is 2.94. The van der Waals surface area contributed by atoms with Crippen LogP contribution in [0.2, 0.25) is 0 Å². The highest BCUT2D eigenvalue weighted by Crippen LogP contribution is 2.19. The van der Waals surface area contributed by atoms with E-state index < -0.39 is 54.9 Å². The second-order valence-electron chi connectivity index (χ2n) is 4.85. The van der Waals surface area contributed by atoms with Gasteiger partial charge in [-0.05, 0) is 0 Å². The van der Waals surface area contributed by atoms with Crippen LogP contribution in [0.5, 0.6) is 0 Å². The van der Waals surface area contributed by atoms with Gasteiger partial charge in [0.25, 0.3) is 0 Å². The van der Waals surface area contributed by atoms with Crippen molar-refractivity contribution in [2.24, 2.45) is 0 Å². The molecule has 0 aromatic heterocycles. The molecular weight excluding hydrogens is 272 g/mol. The zero-order chi connectivity index (χ0) is 15.4. The number of carboxylic acids is 1. The van der Waals surface area contributed by atoms with Crippen LogP contribution < -0.4 is 10.6 Å². The van der Waals surface area contributed by atoms with E-state index in [1.54, 1.807) is 0 Å². The van der Waals surface area contributed by atoms with Gasteiger partial charge in [0.2, 0.25) is 5.91 Å². The lowest BCUT2D eigenvalue weighted by atomic mass is 9.86. The minimum Gasteiger partial charge on any atom is -0.480 e. The summed E-state index contributed by atoms with van der Waals surface area (Å²) in [6.45, 7) is 0.474. The number of aliphatic hydroxyl groups is 4. The van der Waals surface area contributed by atoms with Gasteiger partial charge in [0.15, 0.2) is 0 Å². The summed E-state index contributed by atoms with van der Waals surface area (Å²) in [4.78, 5) is 22.1. The number of aliphatic carboxylic acids is 1. The van der Waals surface area contributed by atoms with E-state index in [0.29, 0.717) is 0 Å². The van der Waals surface area contributed by atoms with Gasteiger partial charge in [-0.3, -0.25) is 14.9 Å². The third-order valence-corrected chi connectivity index (χ3v) is 3.29. The summed E-state index contributed by atoms with van der Waals surface area (Å²) in [5.74, 6) is -1.69. The number of aliphatic hydroxyl groups excluding tert-OH is 4. The highest BCUT2D eigenvalue weighted by Gasteiger charge is 2.44. The molecule has 6 atom stereocenters. The first-order valence-electron chi connectivity index (χ1n) is 6.19. The SMILES string of the molecule is CC(=O)N[C@H]1C([C@H](O)[C@H](O)CO)N[C@H](C(=O)O)C[C@@H]1O. The van der Waals surface area contributed by atoms with E-state index in [2.05, 4.69) is 10.6 Å². The number of amides is 1. The average Bonchev–Trinajstić information content (AvgIpc) is 2.38. The summed E-state index contributed by atoms with van der Waals surface area (Å²) in [6.07, 6.45) is -4.43. The fourth-order valence-electron chi connectivity index (χ4n) is 2.28. The van der Waals surface area contributed by atoms with Crippen molar-refractivity contribution in [2.75, 3.05) is 6.61 Å². The zero-order valence-corrected chi connectivity index (χ0v) is 10.9. The summed E-state index contributed by atoms with van der Waals surface area (Å²) in [5.41, 5.74) is 0. The van der Waals surface area contributed by atoms with Crippen LogP contribution in [-0.4, -0.2) is 80.5 Å². The third-order valence-electron chi connectivity index (χ3n) is 3.29. The topological polar surface area (TPSA) is 159 Å². The molecule has 1 aliphatic heterocycles. The van der Waals surface area contributed by atoms with E-state index in [1.165, 1.54) is 6.92 Å². The van der Waals surface area contributed by atoms with E-state index in [9.17, 15) is 24.9 Å². The summed E-state index contributed by atoms with van der Waals surface area (Å²) >= 11 is 0. The first kappa shape index (κ1) is 16.8. The molecule has 9 heteroatoms. The van der Waals surface area contributed by atoms with Gasteiger partial charge in [-0.1, -0.05) is 0 Å². The Morgan fingerprint density at radius 1 is 1.40 bits per heavy atom. The maximum absolute atomic E-state index is 11.1. The van der Waals surface area contributed by atoms with Gasteiger partial charge in [0.1, 0.15) is 12.1 Å². The van der Waals surface area contributed by atoms with Crippen molar-refractivity contribution in [3.05, 3.63) is 0 Å². The number of carboxylic acid groups (broad SMARTS) is 1. The molecule has 0 aromatic rings. The van der Waals surface area contributed by atoms with Crippen molar-refractivity contribution in [2.45, 2.75) is 49.8 Å². The highest BCUT2D eigenvalue weighted by molar-refractivity contribution is 5.75. The molecule has 0 saturated carbocycles. The Kier molecular flexibility index (Phi) is 5.84. The highest BCUT2D eigenvalue weighted by atomic mass is 16.4. The molecule has 1 saturated heterocycles. The largest absolute Gasteiger partial charge is 0.480 e. The lowest BCUT2D eigenvalue weighted by Gasteiger charge is -2.42. The molecule has 7 N–H and O–H groups in total. The van der Waals surface area contributed by atoms with Crippen LogP contribution in [0.25, 0.3) is 0 Å².